The standard InChI is InChI=1S/C13H25N3O3/c1-4-16-9-5-11(6-10-16)15(3)13(19)14(2)8-7-12(17)18/h11H,4-10H2,1-3H3,(H,17,18). The summed E-state index contributed by atoms with van der Waals surface area (Å²) in [7, 11) is 3.47. The first-order chi connectivity index (χ1) is 8.95. The van der Waals surface area contributed by atoms with Crippen LogP contribution in [0.3, 0.4) is 0 Å². The molecule has 0 saturated carbocycles. The zero-order valence-corrected chi connectivity index (χ0v) is 12.1. The maximum Gasteiger partial charge on any atom is 0.319 e. The highest BCUT2D eigenvalue weighted by Gasteiger charge is 2.26. The fourth-order valence-electron chi connectivity index (χ4n) is 2.41. The van der Waals surface area contributed by atoms with E-state index >= 15 is 0 Å². The lowest BCUT2D eigenvalue weighted by atomic mass is 10.0. The number of urea groups is 1. The van der Waals surface area contributed by atoms with Crippen LogP contribution in [0.1, 0.15) is 26.2 Å². The van der Waals surface area contributed by atoms with Gasteiger partial charge in [-0.2, -0.15) is 0 Å². The van der Waals surface area contributed by atoms with Crippen LogP contribution in [0.15, 0.2) is 0 Å². The van der Waals surface area contributed by atoms with Crippen LogP contribution in [0.25, 0.3) is 0 Å². The summed E-state index contributed by atoms with van der Waals surface area (Å²) in [5.74, 6) is -0.876. The molecule has 0 radical (unpaired) electrons. The summed E-state index contributed by atoms with van der Waals surface area (Å²) in [6.07, 6.45) is 1.97. The van der Waals surface area contributed by atoms with Crippen molar-refractivity contribution in [2.45, 2.75) is 32.2 Å². The molecule has 0 aliphatic carbocycles. The third-order valence-electron chi connectivity index (χ3n) is 3.84. The Morgan fingerprint density at radius 3 is 2.32 bits per heavy atom. The van der Waals surface area contributed by atoms with Crippen LogP contribution in [0.2, 0.25) is 0 Å². The van der Waals surface area contributed by atoms with Gasteiger partial charge in [-0.15, -0.1) is 0 Å². The molecule has 0 atom stereocenters. The molecule has 0 aromatic rings. The molecule has 1 heterocycles. The van der Waals surface area contributed by atoms with Gasteiger partial charge in [-0.3, -0.25) is 4.79 Å². The van der Waals surface area contributed by atoms with Gasteiger partial charge in [-0.25, -0.2) is 4.79 Å². The van der Waals surface area contributed by atoms with Gasteiger partial charge in [0.25, 0.3) is 0 Å². The molecule has 1 aliphatic heterocycles. The third kappa shape index (κ3) is 4.70. The molecule has 1 rings (SSSR count). The van der Waals surface area contributed by atoms with E-state index in [-0.39, 0.29) is 25.0 Å². The van der Waals surface area contributed by atoms with Crippen molar-refractivity contribution < 1.29 is 14.7 Å². The third-order valence-corrected chi connectivity index (χ3v) is 3.84. The topological polar surface area (TPSA) is 64.1 Å². The van der Waals surface area contributed by atoms with Gasteiger partial charge in [-0.05, 0) is 19.4 Å². The number of rotatable bonds is 5. The predicted octanol–water partition coefficient (Wildman–Crippen LogP) is 0.929. The molecule has 6 heteroatoms. The van der Waals surface area contributed by atoms with E-state index in [2.05, 4.69) is 11.8 Å². The summed E-state index contributed by atoms with van der Waals surface area (Å²) in [6.45, 7) is 5.51. The van der Waals surface area contributed by atoms with E-state index in [1.54, 1.807) is 11.9 Å². The van der Waals surface area contributed by atoms with Crippen molar-refractivity contribution in [3.63, 3.8) is 0 Å². The van der Waals surface area contributed by atoms with Crippen LogP contribution >= 0.6 is 0 Å². The quantitative estimate of drug-likeness (QED) is 0.808. The molecule has 19 heavy (non-hydrogen) atoms. The van der Waals surface area contributed by atoms with Gasteiger partial charge in [0.2, 0.25) is 0 Å². The average molecular weight is 271 g/mol. The SMILES string of the molecule is CCN1CCC(N(C)C(=O)N(C)CCC(=O)O)CC1. The summed E-state index contributed by atoms with van der Waals surface area (Å²) in [4.78, 5) is 28.3. The van der Waals surface area contributed by atoms with E-state index in [1.807, 2.05) is 7.05 Å². The average Bonchev–Trinajstić information content (AvgIpc) is 2.43. The molecule has 0 unspecified atom stereocenters. The van der Waals surface area contributed by atoms with Crippen LogP contribution in [0.4, 0.5) is 4.79 Å². The maximum atomic E-state index is 12.2. The number of aliphatic carboxylic acids is 1. The van der Waals surface area contributed by atoms with Gasteiger partial charge >= 0.3 is 12.0 Å². The molecule has 1 aliphatic rings. The zero-order valence-electron chi connectivity index (χ0n) is 12.1. The van der Waals surface area contributed by atoms with Gasteiger partial charge in [0.1, 0.15) is 0 Å². The summed E-state index contributed by atoms with van der Waals surface area (Å²) in [5.41, 5.74) is 0. The summed E-state index contributed by atoms with van der Waals surface area (Å²) in [6, 6.07) is 0.179. The van der Waals surface area contributed by atoms with E-state index < -0.39 is 5.97 Å². The van der Waals surface area contributed by atoms with E-state index in [0.29, 0.717) is 0 Å². The summed E-state index contributed by atoms with van der Waals surface area (Å²) in [5, 5.41) is 8.63. The molecule has 1 fully saturated rings. The fraction of sp³-hybridized carbons (Fsp3) is 0.846. The molecule has 110 valence electrons. The number of amides is 2. The van der Waals surface area contributed by atoms with Crippen LogP contribution < -0.4 is 0 Å². The lowest BCUT2D eigenvalue weighted by molar-refractivity contribution is -0.137. The summed E-state index contributed by atoms with van der Waals surface area (Å²) >= 11 is 0. The largest absolute Gasteiger partial charge is 0.481 e. The van der Waals surface area contributed by atoms with E-state index in [1.165, 1.54) is 4.90 Å². The number of carbonyl (C=O) groups excluding carboxylic acids is 1. The van der Waals surface area contributed by atoms with Crippen LogP contribution in [0, 0.1) is 0 Å². The number of carbonyl (C=O) groups is 2. The Hall–Kier alpha value is -1.30. The number of hydrogen-bond donors (Lipinski definition) is 1. The van der Waals surface area contributed by atoms with Crippen LogP contribution in [0.5, 0.6) is 0 Å². The molecular formula is C13H25N3O3. The van der Waals surface area contributed by atoms with Crippen molar-refractivity contribution in [1.29, 1.82) is 0 Å². The van der Waals surface area contributed by atoms with Crippen LogP contribution in [-0.2, 0) is 4.79 Å². The minimum Gasteiger partial charge on any atom is -0.481 e. The Balaban J connectivity index is 2.41. The van der Waals surface area contributed by atoms with Crippen molar-refractivity contribution in [3.05, 3.63) is 0 Å². The fourth-order valence-corrected chi connectivity index (χ4v) is 2.41. The molecule has 0 aromatic heterocycles. The van der Waals surface area contributed by atoms with Gasteiger partial charge in [0.05, 0.1) is 6.42 Å². The Kier molecular flexibility index (Phi) is 6.08. The first kappa shape index (κ1) is 15.8. The number of likely N-dealkylation sites (tertiary alicyclic amines) is 1. The van der Waals surface area contributed by atoms with Crippen molar-refractivity contribution in [2.24, 2.45) is 0 Å². The molecule has 1 N–H and O–H groups in total. The minimum atomic E-state index is -0.876. The van der Waals surface area contributed by atoms with E-state index in [9.17, 15) is 9.59 Å². The zero-order chi connectivity index (χ0) is 14.4. The second kappa shape index (κ2) is 7.33. The highest BCUT2D eigenvalue weighted by atomic mass is 16.4. The normalized spacial score (nSPS) is 17.2. The monoisotopic (exact) mass is 271 g/mol. The molecule has 0 spiro atoms. The molecule has 1 saturated heterocycles. The Labute approximate surface area is 115 Å². The smallest absolute Gasteiger partial charge is 0.319 e. The number of hydrogen-bond acceptors (Lipinski definition) is 3. The number of carboxylic acid groups (broad SMARTS) is 1. The Morgan fingerprint density at radius 1 is 1.26 bits per heavy atom. The summed E-state index contributed by atoms with van der Waals surface area (Å²) < 4.78 is 0. The van der Waals surface area contributed by atoms with E-state index in [0.717, 1.165) is 32.5 Å². The van der Waals surface area contributed by atoms with Gasteiger partial charge in [-0.1, -0.05) is 6.92 Å². The van der Waals surface area contributed by atoms with E-state index in [4.69, 9.17) is 5.11 Å². The van der Waals surface area contributed by atoms with Gasteiger partial charge < -0.3 is 19.8 Å². The Morgan fingerprint density at radius 2 is 1.84 bits per heavy atom. The van der Waals surface area contributed by atoms with Gasteiger partial charge in [0, 0.05) is 39.8 Å². The lowest BCUT2D eigenvalue weighted by Crippen LogP contribution is -2.49. The molecule has 0 aromatic carbocycles. The molecular weight excluding hydrogens is 246 g/mol. The lowest BCUT2D eigenvalue weighted by Gasteiger charge is -2.37. The first-order valence-electron chi connectivity index (χ1n) is 6.87. The van der Waals surface area contributed by atoms with Crippen molar-refractivity contribution >= 4 is 12.0 Å². The minimum absolute atomic E-state index is 0.00956. The number of carboxylic acids is 1. The van der Waals surface area contributed by atoms with Crippen molar-refractivity contribution in [2.75, 3.05) is 40.3 Å². The highest BCUT2D eigenvalue weighted by Crippen LogP contribution is 2.16. The second-order valence-corrected chi connectivity index (χ2v) is 5.12. The first-order valence-corrected chi connectivity index (χ1v) is 6.87. The Bertz CT molecular complexity index is 314. The van der Waals surface area contributed by atoms with Crippen molar-refractivity contribution in [1.82, 2.24) is 14.7 Å². The molecule has 2 amide bonds. The highest BCUT2D eigenvalue weighted by molar-refractivity contribution is 5.75. The second-order valence-electron chi connectivity index (χ2n) is 5.12. The molecule has 0 bridgehead atoms. The number of piperidine rings is 1. The predicted molar refractivity (Wildman–Crippen MR) is 73.2 cm³/mol. The molecule has 6 nitrogen and oxygen atoms in total. The van der Waals surface area contributed by atoms with Crippen LogP contribution in [-0.4, -0.2) is 78.1 Å². The van der Waals surface area contributed by atoms with Crippen molar-refractivity contribution in [3.8, 4) is 0 Å². The maximum absolute atomic E-state index is 12.2. The van der Waals surface area contributed by atoms with Gasteiger partial charge in [0.15, 0.2) is 0 Å². The number of nitrogens with zero attached hydrogens (tertiary/aromatic N) is 3.